The first-order valence-corrected chi connectivity index (χ1v) is 8.78. The first-order valence-electron chi connectivity index (χ1n) is 8.78. The van der Waals surface area contributed by atoms with Crippen LogP contribution in [0.15, 0.2) is 56.5 Å². The molecule has 5 heteroatoms. The second kappa shape index (κ2) is 5.77. The molecule has 0 radical (unpaired) electrons. The number of ether oxygens (including phenoxy) is 1. The lowest BCUT2D eigenvalue weighted by molar-refractivity contribution is 0.137. The molecule has 0 amide bonds. The van der Waals surface area contributed by atoms with E-state index in [0.29, 0.717) is 23.2 Å². The Kier molecular flexibility index (Phi) is 3.41. The number of hydrogen-bond donors (Lipinski definition) is 1. The normalized spacial score (nSPS) is 25.4. The fourth-order valence-electron chi connectivity index (χ4n) is 4.08. The lowest BCUT2D eigenvalue weighted by Gasteiger charge is -2.29. The maximum Gasteiger partial charge on any atom is 0.344 e. The Morgan fingerprint density at radius 2 is 1.92 bits per heavy atom. The van der Waals surface area contributed by atoms with Gasteiger partial charge in [0.2, 0.25) is 0 Å². The van der Waals surface area contributed by atoms with Crippen molar-refractivity contribution in [3.05, 3.63) is 53.3 Å². The zero-order valence-corrected chi connectivity index (χ0v) is 13.7. The maximum atomic E-state index is 12.3. The summed E-state index contributed by atoms with van der Waals surface area (Å²) in [4.78, 5) is 12.3. The Labute approximate surface area is 144 Å². The van der Waals surface area contributed by atoms with Crippen LogP contribution in [0.1, 0.15) is 25.7 Å². The summed E-state index contributed by atoms with van der Waals surface area (Å²) in [5, 5.41) is 4.48. The minimum atomic E-state index is -0.369. The highest BCUT2D eigenvalue weighted by molar-refractivity contribution is 5.82. The van der Waals surface area contributed by atoms with E-state index in [2.05, 4.69) is 5.32 Å². The van der Waals surface area contributed by atoms with Gasteiger partial charge < -0.3 is 18.9 Å². The number of furan rings is 1. The van der Waals surface area contributed by atoms with Gasteiger partial charge in [-0.2, -0.15) is 0 Å². The summed E-state index contributed by atoms with van der Waals surface area (Å²) in [5.41, 5.74) is 1.41. The minimum absolute atomic E-state index is 0.230. The summed E-state index contributed by atoms with van der Waals surface area (Å²) in [6.45, 7) is 0. The highest BCUT2D eigenvalue weighted by atomic mass is 16.5. The predicted molar refractivity (Wildman–Crippen MR) is 93.8 cm³/mol. The third-order valence-corrected chi connectivity index (χ3v) is 5.27. The van der Waals surface area contributed by atoms with Gasteiger partial charge in [-0.3, -0.25) is 0 Å². The highest BCUT2D eigenvalue weighted by Gasteiger charge is 2.34. The third kappa shape index (κ3) is 2.74. The average molecular weight is 337 g/mol. The van der Waals surface area contributed by atoms with E-state index in [1.165, 1.54) is 12.8 Å². The Bertz CT molecular complexity index is 947. The number of benzene rings is 1. The van der Waals surface area contributed by atoms with Gasteiger partial charge in [0.15, 0.2) is 0 Å². The molecule has 128 valence electrons. The molecular formula is C20H19NO4. The number of rotatable bonds is 3. The van der Waals surface area contributed by atoms with Crippen molar-refractivity contribution in [3.8, 4) is 16.9 Å². The molecule has 2 saturated heterocycles. The molecule has 5 rings (SSSR count). The first kappa shape index (κ1) is 14.8. The molecule has 4 heterocycles. The summed E-state index contributed by atoms with van der Waals surface area (Å²) in [5.74, 6) is 0.762. The molecule has 2 aromatic heterocycles. The second-order valence-corrected chi connectivity index (χ2v) is 7.01. The Hall–Kier alpha value is -2.53. The summed E-state index contributed by atoms with van der Waals surface area (Å²) in [6, 6.07) is 10.5. The van der Waals surface area contributed by atoms with Crippen LogP contribution in [0.3, 0.4) is 0 Å². The van der Waals surface area contributed by atoms with Gasteiger partial charge in [0, 0.05) is 29.1 Å². The van der Waals surface area contributed by atoms with Crippen molar-refractivity contribution in [1.82, 2.24) is 5.32 Å². The van der Waals surface area contributed by atoms with E-state index in [4.69, 9.17) is 13.6 Å². The van der Waals surface area contributed by atoms with Crippen molar-refractivity contribution in [3.63, 3.8) is 0 Å². The molecule has 3 aromatic rings. The summed E-state index contributed by atoms with van der Waals surface area (Å²) >= 11 is 0. The predicted octanol–water partition coefficient (Wildman–Crippen LogP) is 3.71. The largest absolute Gasteiger partial charge is 0.490 e. The maximum absolute atomic E-state index is 12.3. The third-order valence-electron chi connectivity index (χ3n) is 5.27. The highest BCUT2D eigenvalue weighted by Crippen LogP contribution is 2.31. The molecule has 2 bridgehead atoms. The minimum Gasteiger partial charge on any atom is -0.490 e. The summed E-state index contributed by atoms with van der Waals surface area (Å²) in [6.07, 6.45) is 7.88. The first-order chi connectivity index (χ1) is 12.2. The van der Waals surface area contributed by atoms with Crippen LogP contribution in [-0.4, -0.2) is 18.2 Å². The zero-order valence-electron chi connectivity index (χ0n) is 13.7. The van der Waals surface area contributed by atoms with Crippen LogP contribution in [0.4, 0.5) is 0 Å². The molecule has 0 aliphatic carbocycles. The van der Waals surface area contributed by atoms with E-state index >= 15 is 0 Å². The summed E-state index contributed by atoms with van der Waals surface area (Å²) in [7, 11) is 0. The lowest BCUT2D eigenvalue weighted by atomic mass is 10.0. The van der Waals surface area contributed by atoms with Gasteiger partial charge in [0.05, 0.1) is 18.1 Å². The molecule has 25 heavy (non-hydrogen) atoms. The van der Waals surface area contributed by atoms with E-state index in [0.717, 1.165) is 29.5 Å². The summed E-state index contributed by atoms with van der Waals surface area (Å²) < 4.78 is 16.7. The molecule has 1 N–H and O–H groups in total. The van der Waals surface area contributed by atoms with Gasteiger partial charge in [-0.1, -0.05) is 0 Å². The quantitative estimate of drug-likeness (QED) is 0.738. The fourth-order valence-corrected chi connectivity index (χ4v) is 4.08. The van der Waals surface area contributed by atoms with Crippen LogP contribution in [0.5, 0.6) is 5.75 Å². The van der Waals surface area contributed by atoms with Gasteiger partial charge in [0.1, 0.15) is 17.4 Å². The van der Waals surface area contributed by atoms with E-state index in [9.17, 15) is 4.79 Å². The lowest BCUT2D eigenvalue weighted by Crippen LogP contribution is -2.42. The van der Waals surface area contributed by atoms with Gasteiger partial charge in [-0.05, 0) is 49.9 Å². The van der Waals surface area contributed by atoms with Crippen LogP contribution < -0.4 is 15.7 Å². The Balaban J connectivity index is 1.44. The Morgan fingerprint density at radius 3 is 2.68 bits per heavy atom. The molecule has 5 nitrogen and oxygen atoms in total. The number of nitrogens with one attached hydrogen (secondary N) is 1. The van der Waals surface area contributed by atoms with Crippen molar-refractivity contribution in [1.29, 1.82) is 0 Å². The van der Waals surface area contributed by atoms with E-state index in [-0.39, 0.29) is 11.7 Å². The van der Waals surface area contributed by atoms with Crippen LogP contribution in [-0.2, 0) is 0 Å². The van der Waals surface area contributed by atoms with E-state index in [1.807, 2.05) is 24.3 Å². The molecule has 0 spiro atoms. The molecule has 2 atom stereocenters. The molecule has 1 aromatic carbocycles. The van der Waals surface area contributed by atoms with Crippen LogP contribution in [0.25, 0.3) is 22.1 Å². The monoisotopic (exact) mass is 337 g/mol. The van der Waals surface area contributed by atoms with Crippen molar-refractivity contribution in [2.45, 2.75) is 43.9 Å². The van der Waals surface area contributed by atoms with Gasteiger partial charge in [-0.25, -0.2) is 4.79 Å². The van der Waals surface area contributed by atoms with Crippen molar-refractivity contribution in [2.24, 2.45) is 0 Å². The average Bonchev–Trinajstić information content (AvgIpc) is 3.24. The molecule has 2 aliphatic rings. The van der Waals surface area contributed by atoms with Gasteiger partial charge >= 0.3 is 5.63 Å². The molecule has 2 fully saturated rings. The topological polar surface area (TPSA) is 64.6 Å². The van der Waals surface area contributed by atoms with Crippen LogP contribution >= 0.6 is 0 Å². The number of hydrogen-bond acceptors (Lipinski definition) is 5. The van der Waals surface area contributed by atoms with Crippen molar-refractivity contribution < 1.29 is 13.6 Å². The van der Waals surface area contributed by atoms with Crippen molar-refractivity contribution >= 4 is 11.0 Å². The van der Waals surface area contributed by atoms with Crippen LogP contribution in [0.2, 0.25) is 0 Å². The van der Waals surface area contributed by atoms with Crippen molar-refractivity contribution in [2.75, 3.05) is 0 Å². The standard InChI is InChI=1S/C20H19NO4/c22-20-18(13-5-6-23-11-13)7-12-1-4-16(10-19(12)25-20)24-17-8-14-2-3-15(9-17)21-14/h1,4-7,10-11,14-15,17,21H,2-3,8-9H2. The SMILES string of the molecule is O=c1oc2cc(OC3CC4CCC(C3)N4)ccc2cc1-c1ccoc1. The smallest absolute Gasteiger partial charge is 0.344 e. The fraction of sp³-hybridized carbons (Fsp3) is 0.350. The number of fused-ring (bicyclic) bond motifs is 3. The Morgan fingerprint density at radius 1 is 1.08 bits per heavy atom. The molecule has 0 saturated carbocycles. The van der Waals surface area contributed by atoms with Gasteiger partial charge in [-0.15, -0.1) is 0 Å². The van der Waals surface area contributed by atoms with E-state index < -0.39 is 0 Å². The second-order valence-electron chi connectivity index (χ2n) is 7.01. The van der Waals surface area contributed by atoms with Gasteiger partial charge in [0.25, 0.3) is 0 Å². The zero-order chi connectivity index (χ0) is 16.8. The molecule has 2 aliphatic heterocycles. The van der Waals surface area contributed by atoms with E-state index in [1.54, 1.807) is 18.6 Å². The molecular weight excluding hydrogens is 318 g/mol. The molecule has 2 unspecified atom stereocenters. The van der Waals surface area contributed by atoms with Crippen LogP contribution in [0, 0.1) is 0 Å². The number of piperidine rings is 1.